The van der Waals surface area contributed by atoms with Crippen molar-refractivity contribution >= 4 is 22.8 Å². The van der Waals surface area contributed by atoms with Crippen LogP contribution in [0.2, 0.25) is 0 Å². The average molecular weight is 404 g/mol. The summed E-state index contributed by atoms with van der Waals surface area (Å²) in [5.41, 5.74) is 6.65. The molecule has 1 aromatic heterocycles. The molecule has 0 atom stereocenters. The molecule has 0 unspecified atom stereocenters. The second kappa shape index (κ2) is 10.7. The molecule has 0 bridgehead atoms. The molecule has 1 amide bonds. The summed E-state index contributed by atoms with van der Waals surface area (Å²) in [5.74, 6) is 0.961. The number of nitrogens with zero attached hydrogens (tertiary/aromatic N) is 2. The first-order chi connectivity index (χ1) is 13.9. The third kappa shape index (κ3) is 6.12. The van der Waals surface area contributed by atoms with Gasteiger partial charge in [0.2, 0.25) is 0 Å². The molecule has 4 N–H and O–H groups in total. The SMILES string of the molecule is CCN(CC)CCCOc1ccc(OC(C)C)c2cc(C(=O)N=C(N)NC)[nH]c12. The number of H-pyrrole nitrogens is 1. The molecule has 8 heteroatoms. The van der Waals surface area contributed by atoms with Crippen LogP contribution in [0.3, 0.4) is 0 Å². The highest BCUT2D eigenvalue weighted by Crippen LogP contribution is 2.34. The number of carbonyl (C=O) groups excluding carboxylic acids is 1. The molecule has 0 aliphatic heterocycles. The van der Waals surface area contributed by atoms with Crippen LogP contribution in [0.4, 0.5) is 0 Å². The molecule has 160 valence electrons. The molecular weight excluding hydrogens is 370 g/mol. The Morgan fingerprint density at radius 2 is 1.97 bits per heavy atom. The van der Waals surface area contributed by atoms with E-state index in [0.29, 0.717) is 29.3 Å². The first kappa shape index (κ1) is 22.5. The Morgan fingerprint density at radius 1 is 1.28 bits per heavy atom. The van der Waals surface area contributed by atoms with Gasteiger partial charge in [-0.05, 0) is 51.6 Å². The van der Waals surface area contributed by atoms with Crippen LogP contribution in [0.25, 0.3) is 10.9 Å². The van der Waals surface area contributed by atoms with Crippen LogP contribution >= 0.6 is 0 Å². The van der Waals surface area contributed by atoms with Gasteiger partial charge in [-0.3, -0.25) is 4.79 Å². The van der Waals surface area contributed by atoms with Crippen molar-refractivity contribution in [3.05, 3.63) is 23.9 Å². The monoisotopic (exact) mass is 403 g/mol. The lowest BCUT2D eigenvalue weighted by atomic mass is 10.2. The van der Waals surface area contributed by atoms with Crippen LogP contribution in [0, 0.1) is 0 Å². The van der Waals surface area contributed by atoms with Gasteiger partial charge in [-0.2, -0.15) is 4.99 Å². The molecule has 29 heavy (non-hydrogen) atoms. The molecule has 0 radical (unpaired) electrons. The van der Waals surface area contributed by atoms with E-state index in [9.17, 15) is 4.79 Å². The second-order valence-corrected chi connectivity index (χ2v) is 6.98. The van der Waals surface area contributed by atoms with E-state index < -0.39 is 5.91 Å². The van der Waals surface area contributed by atoms with Gasteiger partial charge in [-0.1, -0.05) is 13.8 Å². The van der Waals surface area contributed by atoms with Crippen LogP contribution in [0.1, 0.15) is 44.6 Å². The zero-order valence-electron chi connectivity index (χ0n) is 18.0. The molecule has 0 spiro atoms. The predicted molar refractivity (Wildman–Crippen MR) is 117 cm³/mol. The number of hydrogen-bond acceptors (Lipinski definition) is 4. The minimum Gasteiger partial charge on any atom is -0.491 e. The Balaban J connectivity index is 2.27. The summed E-state index contributed by atoms with van der Waals surface area (Å²) in [7, 11) is 1.61. The van der Waals surface area contributed by atoms with Gasteiger partial charge < -0.3 is 30.4 Å². The van der Waals surface area contributed by atoms with Crippen molar-refractivity contribution in [2.45, 2.75) is 40.2 Å². The Kier molecular flexibility index (Phi) is 8.33. The lowest BCUT2D eigenvalue weighted by molar-refractivity contribution is 0.0998. The van der Waals surface area contributed by atoms with Crippen molar-refractivity contribution in [1.29, 1.82) is 0 Å². The minimum absolute atomic E-state index is 0.00560. The number of carbonyl (C=O) groups is 1. The third-order valence-electron chi connectivity index (χ3n) is 4.56. The van der Waals surface area contributed by atoms with E-state index >= 15 is 0 Å². The largest absolute Gasteiger partial charge is 0.491 e. The Hall–Kier alpha value is -2.74. The number of rotatable bonds is 10. The number of benzene rings is 1. The maximum absolute atomic E-state index is 12.4. The summed E-state index contributed by atoms with van der Waals surface area (Å²) >= 11 is 0. The smallest absolute Gasteiger partial charge is 0.296 e. The van der Waals surface area contributed by atoms with Crippen molar-refractivity contribution in [1.82, 2.24) is 15.2 Å². The summed E-state index contributed by atoms with van der Waals surface area (Å²) in [5, 5.41) is 3.42. The fourth-order valence-electron chi connectivity index (χ4n) is 3.00. The van der Waals surface area contributed by atoms with Crippen LogP contribution in [0.15, 0.2) is 23.2 Å². The van der Waals surface area contributed by atoms with Gasteiger partial charge in [0, 0.05) is 19.0 Å². The molecule has 0 fully saturated rings. The topological polar surface area (TPSA) is 105 Å². The normalized spacial score (nSPS) is 12.0. The summed E-state index contributed by atoms with van der Waals surface area (Å²) in [6.45, 7) is 11.9. The Morgan fingerprint density at radius 3 is 2.59 bits per heavy atom. The van der Waals surface area contributed by atoms with Gasteiger partial charge in [0.1, 0.15) is 17.2 Å². The lowest BCUT2D eigenvalue weighted by Gasteiger charge is -2.18. The molecule has 2 aromatic rings. The van der Waals surface area contributed by atoms with Gasteiger partial charge in [0.15, 0.2) is 5.96 Å². The van der Waals surface area contributed by atoms with E-state index in [0.717, 1.165) is 31.4 Å². The first-order valence-electron chi connectivity index (χ1n) is 10.1. The maximum Gasteiger partial charge on any atom is 0.296 e. The van der Waals surface area contributed by atoms with Crippen LogP contribution in [0.5, 0.6) is 11.5 Å². The van der Waals surface area contributed by atoms with Crippen molar-refractivity contribution in [2.24, 2.45) is 10.7 Å². The number of hydrogen-bond donors (Lipinski definition) is 3. The van der Waals surface area contributed by atoms with Gasteiger partial charge in [0.25, 0.3) is 5.91 Å². The highest BCUT2D eigenvalue weighted by molar-refractivity contribution is 6.05. The molecule has 8 nitrogen and oxygen atoms in total. The van der Waals surface area contributed by atoms with Crippen molar-refractivity contribution in [3.63, 3.8) is 0 Å². The van der Waals surface area contributed by atoms with Crippen molar-refractivity contribution in [3.8, 4) is 11.5 Å². The number of nitrogens with one attached hydrogen (secondary N) is 2. The first-order valence-corrected chi connectivity index (χ1v) is 10.1. The molecule has 2 rings (SSSR count). The molecule has 1 aromatic carbocycles. The minimum atomic E-state index is -0.462. The standard InChI is InChI=1S/C21H33N5O3/c1-6-26(7-2)11-8-12-28-18-10-9-17(29-14(3)4)15-13-16(24-19(15)18)20(27)25-21(22)23-5/h9-10,13-14,24H,6-8,11-12H2,1-5H3,(H3,22,23,25,27). The molecular formula is C21H33N5O3. The van der Waals surface area contributed by atoms with Crippen LogP contribution in [-0.4, -0.2) is 61.1 Å². The highest BCUT2D eigenvalue weighted by atomic mass is 16.5. The summed E-state index contributed by atoms with van der Waals surface area (Å²) in [4.78, 5) is 21.7. The second-order valence-electron chi connectivity index (χ2n) is 6.98. The lowest BCUT2D eigenvalue weighted by Crippen LogP contribution is -2.28. The van der Waals surface area contributed by atoms with E-state index in [1.54, 1.807) is 13.1 Å². The fourth-order valence-corrected chi connectivity index (χ4v) is 3.00. The van der Waals surface area contributed by atoms with E-state index in [1.807, 2.05) is 26.0 Å². The Bertz CT molecular complexity index is 840. The van der Waals surface area contributed by atoms with Crippen LogP contribution in [-0.2, 0) is 0 Å². The zero-order valence-corrected chi connectivity index (χ0v) is 18.0. The number of aromatic amines is 1. The highest BCUT2D eigenvalue weighted by Gasteiger charge is 2.17. The maximum atomic E-state index is 12.4. The fraction of sp³-hybridized carbons (Fsp3) is 0.524. The summed E-state index contributed by atoms with van der Waals surface area (Å²) in [6, 6.07) is 5.47. The number of fused-ring (bicyclic) bond motifs is 1. The number of nitrogens with two attached hydrogens (primary N) is 1. The van der Waals surface area contributed by atoms with Gasteiger partial charge >= 0.3 is 0 Å². The molecule has 0 aliphatic rings. The van der Waals surface area contributed by atoms with Crippen LogP contribution < -0.4 is 20.5 Å². The van der Waals surface area contributed by atoms with Gasteiger partial charge in [-0.15, -0.1) is 0 Å². The molecule has 0 saturated heterocycles. The zero-order chi connectivity index (χ0) is 21.4. The molecule has 1 heterocycles. The Labute approximate surface area is 172 Å². The summed E-state index contributed by atoms with van der Waals surface area (Å²) in [6.07, 6.45) is 0.925. The number of guanidine groups is 1. The number of aliphatic imine (C=N–C) groups is 1. The predicted octanol–water partition coefficient (Wildman–Crippen LogP) is 2.74. The number of ether oxygens (including phenoxy) is 2. The third-order valence-corrected chi connectivity index (χ3v) is 4.56. The molecule has 0 saturated carbocycles. The van der Waals surface area contributed by atoms with Crippen molar-refractivity contribution in [2.75, 3.05) is 33.3 Å². The quantitative estimate of drug-likeness (QED) is 0.320. The average Bonchev–Trinajstić information content (AvgIpc) is 3.15. The van der Waals surface area contributed by atoms with E-state index in [2.05, 4.69) is 34.0 Å². The molecule has 0 aliphatic carbocycles. The van der Waals surface area contributed by atoms with Gasteiger partial charge in [0.05, 0.1) is 18.2 Å². The number of aromatic nitrogens is 1. The van der Waals surface area contributed by atoms with Gasteiger partial charge in [-0.25, -0.2) is 0 Å². The number of amides is 1. The van der Waals surface area contributed by atoms with E-state index in [4.69, 9.17) is 15.2 Å². The van der Waals surface area contributed by atoms with Crippen molar-refractivity contribution < 1.29 is 14.3 Å². The van der Waals surface area contributed by atoms with E-state index in [-0.39, 0.29) is 12.1 Å². The van der Waals surface area contributed by atoms with E-state index in [1.165, 1.54) is 0 Å². The summed E-state index contributed by atoms with van der Waals surface area (Å²) < 4.78 is 11.9.